The van der Waals surface area contributed by atoms with Crippen molar-refractivity contribution in [1.29, 1.82) is 0 Å². The fraction of sp³-hybridized carbons (Fsp3) is 0.500. The highest BCUT2D eigenvalue weighted by Gasteiger charge is 2.23. The van der Waals surface area contributed by atoms with Crippen molar-refractivity contribution in [3.63, 3.8) is 0 Å². The minimum absolute atomic E-state index is 0.111. The van der Waals surface area contributed by atoms with Crippen molar-refractivity contribution in [3.8, 4) is 0 Å². The summed E-state index contributed by atoms with van der Waals surface area (Å²) in [5.74, 6) is -0.111. The van der Waals surface area contributed by atoms with Crippen molar-refractivity contribution in [2.45, 2.75) is 32.8 Å². The van der Waals surface area contributed by atoms with Crippen molar-refractivity contribution >= 4 is 11.4 Å². The van der Waals surface area contributed by atoms with Crippen LogP contribution in [0.1, 0.15) is 25.8 Å². The molecule has 1 aromatic rings. The van der Waals surface area contributed by atoms with Gasteiger partial charge < -0.3 is 5.11 Å². The molecular weight excluding hydrogens is 252 g/mol. The quantitative estimate of drug-likeness (QED) is 0.629. The molecular formula is C12H16N2O5. The van der Waals surface area contributed by atoms with Crippen LogP contribution in [-0.2, 0) is 6.42 Å². The molecule has 0 aliphatic carbocycles. The van der Waals surface area contributed by atoms with Crippen LogP contribution in [0.15, 0.2) is 18.2 Å². The number of hydrogen-bond acceptors (Lipinski definition) is 5. The van der Waals surface area contributed by atoms with Crippen LogP contribution in [0.4, 0.5) is 11.4 Å². The summed E-state index contributed by atoms with van der Waals surface area (Å²) < 4.78 is 0. The van der Waals surface area contributed by atoms with Gasteiger partial charge in [0.2, 0.25) is 0 Å². The summed E-state index contributed by atoms with van der Waals surface area (Å²) >= 11 is 0. The molecule has 0 aliphatic heterocycles. The predicted molar refractivity (Wildman–Crippen MR) is 68.9 cm³/mol. The average molecular weight is 268 g/mol. The van der Waals surface area contributed by atoms with Crippen LogP contribution in [-0.4, -0.2) is 21.1 Å². The molecule has 0 amide bonds. The van der Waals surface area contributed by atoms with E-state index in [4.69, 9.17) is 0 Å². The van der Waals surface area contributed by atoms with Crippen molar-refractivity contribution in [1.82, 2.24) is 0 Å². The van der Waals surface area contributed by atoms with Crippen LogP contribution in [0.2, 0.25) is 0 Å². The maximum Gasteiger partial charge on any atom is 0.279 e. The molecule has 2 unspecified atom stereocenters. The van der Waals surface area contributed by atoms with Crippen LogP contribution in [0.25, 0.3) is 0 Å². The van der Waals surface area contributed by atoms with Gasteiger partial charge in [-0.15, -0.1) is 0 Å². The van der Waals surface area contributed by atoms with Gasteiger partial charge in [0.05, 0.1) is 22.0 Å². The molecule has 1 N–H and O–H groups in total. The summed E-state index contributed by atoms with van der Waals surface area (Å²) in [6.07, 6.45) is 0.411. The molecule has 104 valence electrons. The average Bonchev–Trinajstić information content (AvgIpc) is 2.35. The van der Waals surface area contributed by atoms with E-state index < -0.39 is 16.0 Å². The van der Waals surface area contributed by atoms with E-state index in [-0.39, 0.29) is 17.3 Å². The molecule has 2 atom stereocenters. The minimum Gasteiger partial charge on any atom is -0.393 e. The van der Waals surface area contributed by atoms with Crippen LogP contribution in [0.5, 0.6) is 0 Å². The van der Waals surface area contributed by atoms with E-state index in [2.05, 4.69) is 0 Å². The molecule has 0 fully saturated rings. The zero-order chi connectivity index (χ0) is 14.6. The summed E-state index contributed by atoms with van der Waals surface area (Å²) in [4.78, 5) is 20.3. The first kappa shape index (κ1) is 15.0. The van der Waals surface area contributed by atoms with Gasteiger partial charge >= 0.3 is 0 Å². The Bertz CT molecular complexity index is 487. The third-order valence-electron chi connectivity index (χ3n) is 3.17. The van der Waals surface area contributed by atoms with Gasteiger partial charge in [-0.25, -0.2) is 0 Å². The minimum atomic E-state index is -0.664. The Morgan fingerprint density at radius 1 is 1.26 bits per heavy atom. The Labute approximate surface area is 110 Å². The van der Waals surface area contributed by atoms with Gasteiger partial charge in [0.15, 0.2) is 0 Å². The van der Waals surface area contributed by atoms with E-state index in [1.165, 1.54) is 12.1 Å². The van der Waals surface area contributed by atoms with Gasteiger partial charge in [-0.2, -0.15) is 0 Å². The van der Waals surface area contributed by atoms with Gasteiger partial charge in [0.25, 0.3) is 11.4 Å². The Kier molecular flexibility index (Phi) is 4.94. The fourth-order valence-corrected chi connectivity index (χ4v) is 1.95. The highest BCUT2D eigenvalue weighted by atomic mass is 16.6. The van der Waals surface area contributed by atoms with E-state index >= 15 is 0 Å². The molecule has 0 aromatic heterocycles. The monoisotopic (exact) mass is 268 g/mol. The molecule has 0 radical (unpaired) electrons. The lowest BCUT2D eigenvalue weighted by Crippen LogP contribution is -2.18. The van der Waals surface area contributed by atoms with Crippen molar-refractivity contribution in [2.75, 3.05) is 0 Å². The maximum atomic E-state index is 11.0. The number of rotatable bonds is 6. The van der Waals surface area contributed by atoms with E-state index in [1.54, 1.807) is 6.92 Å². The van der Waals surface area contributed by atoms with E-state index in [9.17, 15) is 25.3 Å². The number of hydrogen-bond donors (Lipinski definition) is 1. The summed E-state index contributed by atoms with van der Waals surface area (Å²) in [5.41, 5.74) is -0.169. The highest BCUT2D eigenvalue weighted by molar-refractivity contribution is 5.49. The first-order valence-electron chi connectivity index (χ1n) is 5.96. The third kappa shape index (κ3) is 3.72. The van der Waals surface area contributed by atoms with Crippen LogP contribution in [0.3, 0.4) is 0 Å². The zero-order valence-electron chi connectivity index (χ0n) is 10.8. The van der Waals surface area contributed by atoms with Gasteiger partial charge in [-0.05, 0) is 25.3 Å². The Balaban J connectivity index is 3.13. The van der Waals surface area contributed by atoms with Crippen LogP contribution < -0.4 is 0 Å². The Hall–Kier alpha value is -2.02. The van der Waals surface area contributed by atoms with E-state index in [1.807, 2.05) is 6.92 Å². The van der Waals surface area contributed by atoms with Crippen LogP contribution >= 0.6 is 0 Å². The Morgan fingerprint density at radius 3 is 2.32 bits per heavy atom. The molecule has 0 aliphatic rings. The molecule has 1 rings (SSSR count). The van der Waals surface area contributed by atoms with E-state index in [0.29, 0.717) is 18.4 Å². The molecule has 1 aromatic carbocycles. The second-order valence-corrected chi connectivity index (χ2v) is 4.44. The normalized spacial score (nSPS) is 13.8. The van der Waals surface area contributed by atoms with Gasteiger partial charge in [0, 0.05) is 11.6 Å². The largest absolute Gasteiger partial charge is 0.393 e. The zero-order valence-corrected chi connectivity index (χ0v) is 10.8. The lowest BCUT2D eigenvalue weighted by molar-refractivity contribution is -0.394. The molecule has 0 saturated heterocycles. The number of nitrogens with zero attached hydrogens (tertiary/aromatic N) is 2. The summed E-state index contributed by atoms with van der Waals surface area (Å²) in [7, 11) is 0. The van der Waals surface area contributed by atoms with Crippen molar-refractivity contribution < 1.29 is 15.0 Å². The second-order valence-electron chi connectivity index (χ2n) is 4.44. The molecule has 0 saturated carbocycles. The summed E-state index contributed by atoms with van der Waals surface area (Å²) in [5, 5.41) is 31.1. The smallest absolute Gasteiger partial charge is 0.279 e. The lowest BCUT2D eigenvalue weighted by Gasteiger charge is -2.17. The number of aliphatic hydroxyl groups is 1. The molecule has 7 heteroatoms. The molecule has 0 bridgehead atoms. The predicted octanol–water partition coefficient (Wildman–Crippen LogP) is 2.45. The first-order chi connectivity index (χ1) is 8.86. The number of nitro groups is 2. The lowest BCUT2D eigenvalue weighted by atomic mass is 9.91. The van der Waals surface area contributed by atoms with Crippen LogP contribution in [0, 0.1) is 26.1 Å². The second kappa shape index (κ2) is 6.24. The SMILES string of the molecule is CCC(Cc1ccc([N+](=O)[O-])cc1[N+](=O)[O-])C(C)O. The number of aliphatic hydroxyl groups excluding tert-OH is 1. The molecule has 7 nitrogen and oxygen atoms in total. The number of non-ortho nitro benzene ring substituents is 1. The number of nitro benzene ring substituents is 2. The highest BCUT2D eigenvalue weighted by Crippen LogP contribution is 2.28. The number of benzene rings is 1. The molecule has 0 heterocycles. The third-order valence-corrected chi connectivity index (χ3v) is 3.17. The van der Waals surface area contributed by atoms with Gasteiger partial charge in [-0.3, -0.25) is 20.2 Å². The van der Waals surface area contributed by atoms with E-state index in [0.717, 1.165) is 6.07 Å². The van der Waals surface area contributed by atoms with Gasteiger partial charge in [0.1, 0.15) is 0 Å². The topological polar surface area (TPSA) is 107 Å². The standard InChI is InChI=1S/C12H16N2O5/c1-3-9(8(2)15)6-10-4-5-11(13(16)17)7-12(10)14(18)19/h4-5,7-9,15H,3,6H2,1-2H3. The Morgan fingerprint density at radius 2 is 1.89 bits per heavy atom. The van der Waals surface area contributed by atoms with Crippen molar-refractivity contribution in [2.24, 2.45) is 5.92 Å². The van der Waals surface area contributed by atoms with Crippen molar-refractivity contribution in [3.05, 3.63) is 44.0 Å². The molecule has 0 spiro atoms. The molecule has 19 heavy (non-hydrogen) atoms. The summed E-state index contributed by atoms with van der Waals surface area (Å²) in [6.45, 7) is 3.51. The summed E-state index contributed by atoms with van der Waals surface area (Å²) in [6, 6.07) is 3.60. The van der Waals surface area contributed by atoms with Gasteiger partial charge in [-0.1, -0.05) is 13.3 Å². The maximum absolute atomic E-state index is 11.0. The fourth-order valence-electron chi connectivity index (χ4n) is 1.95. The first-order valence-corrected chi connectivity index (χ1v) is 5.96.